The Bertz CT molecular complexity index is 1020. The van der Waals surface area contributed by atoms with Crippen LogP contribution < -0.4 is 0 Å². The predicted octanol–water partition coefficient (Wildman–Crippen LogP) is 3.56. The molecule has 2 aromatic carbocycles. The smallest absolute Gasteiger partial charge is 0.337 e. The highest BCUT2D eigenvalue weighted by molar-refractivity contribution is 7.89. The number of ether oxygens (including phenoxy) is 1. The summed E-state index contributed by atoms with van der Waals surface area (Å²) in [5, 5.41) is 0. The normalized spacial score (nSPS) is 17.5. The zero-order valence-corrected chi connectivity index (χ0v) is 17.2. The maximum absolute atomic E-state index is 13.1. The first-order valence-electron chi connectivity index (χ1n) is 9.33. The zero-order chi connectivity index (χ0) is 21.0. The van der Waals surface area contributed by atoms with E-state index in [1.165, 1.54) is 19.2 Å². The van der Waals surface area contributed by atoms with Crippen molar-refractivity contribution in [1.82, 2.24) is 4.31 Å². The van der Waals surface area contributed by atoms with E-state index in [9.17, 15) is 18.0 Å². The molecule has 0 spiro atoms. The van der Waals surface area contributed by atoms with Crippen molar-refractivity contribution in [3.63, 3.8) is 0 Å². The number of hydrogen-bond donors (Lipinski definition) is 0. The SMILES string of the molecule is COC(=O)c1ccc(/C=C/C2CCCC(=O)N2S(=O)(=O)c2ccc(C)cc2)cc1. The molecule has 152 valence electrons. The minimum atomic E-state index is -3.93. The second kappa shape index (κ2) is 8.61. The Morgan fingerprint density at radius 2 is 1.76 bits per heavy atom. The van der Waals surface area contributed by atoms with Crippen LogP contribution in [0.25, 0.3) is 6.08 Å². The number of rotatable bonds is 5. The third-order valence-corrected chi connectivity index (χ3v) is 6.72. The van der Waals surface area contributed by atoms with Gasteiger partial charge in [0, 0.05) is 6.42 Å². The van der Waals surface area contributed by atoms with Gasteiger partial charge in [-0.15, -0.1) is 0 Å². The minimum absolute atomic E-state index is 0.110. The fourth-order valence-corrected chi connectivity index (χ4v) is 4.85. The Balaban J connectivity index is 1.86. The van der Waals surface area contributed by atoms with Crippen molar-refractivity contribution in [3.8, 4) is 0 Å². The minimum Gasteiger partial charge on any atom is -0.465 e. The second-order valence-electron chi connectivity index (χ2n) is 6.94. The number of nitrogens with zero attached hydrogens (tertiary/aromatic N) is 1. The Labute approximate surface area is 170 Å². The number of carbonyl (C=O) groups is 2. The molecule has 1 aliphatic rings. The quantitative estimate of drug-likeness (QED) is 0.700. The molecule has 1 amide bonds. The molecule has 2 aromatic rings. The first kappa shape index (κ1) is 20.8. The highest BCUT2D eigenvalue weighted by Gasteiger charge is 2.36. The number of benzene rings is 2. The van der Waals surface area contributed by atoms with Crippen LogP contribution in [0.3, 0.4) is 0 Å². The van der Waals surface area contributed by atoms with Crippen molar-refractivity contribution in [2.24, 2.45) is 0 Å². The maximum Gasteiger partial charge on any atom is 0.337 e. The largest absolute Gasteiger partial charge is 0.465 e. The summed E-state index contributed by atoms with van der Waals surface area (Å²) < 4.78 is 31.9. The third kappa shape index (κ3) is 4.56. The number of piperidine rings is 1. The molecule has 6 nitrogen and oxygen atoms in total. The van der Waals surface area contributed by atoms with Crippen LogP contribution in [0.1, 0.15) is 40.7 Å². The van der Waals surface area contributed by atoms with Gasteiger partial charge >= 0.3 is 5.97 Å². The molecule has 0 saturated carbocycles. The fraction of sp³-hybridized carbons (Fsp3) is 0.273. The molecule has 0 N–H and O–H groups in total. The third-order valence-electron chi connectivity index (χ3n) is 4.86. The number of aryl methyl sites for hydroxylation is 1. The van der Waals surface area contributed by atoms with Gasteiger partial charge < -0.3 is 4.74 Å². The summed E-state index contributed by atoms with van der Waals surface area (Å²) in [6.45, 7) is 1.87. The molecule has 1 atom stereocenters. The van der Waals surface area contributed by atoms with E-state index in [0.717, 1.165) is 15.4 Å². The molecule has 1 unspecified atom stereocenters. The van der Waals surface area contributed by atoms with Crippen LogP contribution in [0.4, 0.5) is 0 Å². The van der Waals surface area contributed by atoms with Crippen molar-refractivity contribution in [2.45, 2.75) is 37.1 Å². The van der Waals surface area contributed by atoms with Gasteiger partial charge in [-0.3, -0.25) is 4.79 Å². The van der Waals surface area contributed by atoms with E-state index in [4.69, 9.17) is 0 Å². The monoisotopic (exact) mass is 413 g/mol. The van der Waals surface area contributed by atoms with Gasteiger partial charge in [0.15, 0.2) is 0 Å². The Morgan fingerprint density at radius 1 is 1.10 bits per heavy atom. The lowest BCUT2D eigenvalue weighted by Crippen LogP contribution is -2.46. The standard InChI is InChI=1S/C22H23NO5S/c1-16-6-14-20(15-7-16)29(26,27)23-19(4-3-5-21(23)24)13-10-17-8-11-18(12-9-17)22(25)28-2/h6-15,19H,3-5H2,1-2H3/b13-10+. The molecule has 3 rings (SSSR count). The van der Waals surface area contributed by atoms with Gasteiger partial charge in [0.25, 0.3) is 10.0 Å². The summed E-state index contributed by atoms with van der Waals surface area (Å²) in [4.78, 5) is 24.2. The van der Waals surface area contributed by atoms with E-state index in [0.29, 0.717) is 18.4 Å². The highest BCUT2D eigenvalue weighted by Crippen LogP contribution is 2.27. The number of esters is 1. The van der Waals surface area contributed by atoms with E-state index in [1.807, 2.05) is 6.92 Å². The first-order chi connectivity index (χ1) is 13.8. The molecule has 1 saturated heterocycles. The molecular formula is C22H23NO5S. The highest BCUT2D eigenvalue weighted by atomic mass is 32.2. The van der Waals surface area contributed by atoms with Crippen LogP contribution in [-0.4, -0.2) is 37.8 Å². The van der Waals surface area contributed by atoms with E-state index in [-0.39, 0.29) is 11.3 Å². The molecule has 1 aliphatic heterocycles. The first-order valence-corrected chi connectivity index (χ1v) is 10.8. The Hall–Kier alpha value is -2.93. The summed E-state index contributed by atoms with van der Waals surface area (Å²) in [5.41, 5.74) is 2.17. The van der Waals surface area contributed by atoms with Crippen molar-refractivity contribution >= 4 is 28.0 Å². The summed E-state index contributed by atoms with van der Waals surface area (Å²) in [6.07, 6.45) is 4.91. The molecule has 29 heavy (non-hydrogen) atoms. The van der Waals surface area contributed by atoms with Crippen LogP contribution in [0, 0.1) is 6.92 Å². The van der Waals surface area contributed by atoms with Gasteiger partial charge in [-0.2, -0.15) is 0 Å². The van der Waals surface area contributed by atoms with Gasteiger partial charge in [0.2, 0.25) is 5.91 Å². The average Bonchev–Trinajstić information content (AvgIpc) is 2.72. The Kier molecular flexibility index (Phi) is 6.17. The molecule has 0 bridgehead atoms. The lowest BCUT2D eigenvalue weighted by atomic mass is 10.0. The van der Waals surface area contributed by atoms with Gasteiger partial charge in [0.05, 0.1) is 23.6 Å². The summed E-state index contributed by atoms with van der Waals surface area (Å²) in [7, 11) is -2.61. The molecule has 7 heteroatoms. The summed E-state index contributed by atoms with van der Waals surface area (Å²) in [5.74, 6) is -0.818. The van der Waals surface area contributed by atoms with Gasteiger partial charge in [-0.25, -0.2) is 17.5 Å². The lowest BCUT2D eigenvalue weighted by molar-refractivity contribution is -0.129. The van der Waals surface area contributed by atoms with Gasteiger partial charge in [-0.05, 0) is 49.6 Å². The van der Waals surface area contributed by atoms with Gasteiger partial charge in [0.1, 0.15) is 0 Å². The summed E-state index contributed by atoms with van der Waals surface area (Å²) in [6, 6.07) is 12.7. The van der Waals surface area contributed by atoms with Crippen molar-refractivity contribution in [1.29, 1.82) is 0 Å². The van der Waals surface area contributed by atoms with Crippen LogP contribution in [0.5, 0.6) is 0 Å². The van der Waals surface area contributed by atoms with Crippen molar-refractivity contribution in [2.75, 3.05) is 7.11 Å². The molecule has 0 aliphatic carbocycles. The zero-order valence-electron chi connectivity index (χ0n) is 16.4. The molecule has 1 fully saturated rings. The number of amides is 1. The molecular weight excluding hydrogens is 390 g/mol. The van der Waals surface area contributed by atoms with E-state index in [1.54, 1.807) is 48.6 Å². The number of methoxy groups -OCH3 is 1. The predicted molar refractivity (Wildman–Crippen MR) is 110 cm³/mol. The topological polar surface area (TPSA) is 80.8 Å². The molecule has 0 radical (unpaired) electrons. The number of hydrogen-bond acceptors (Lipinski definition) is 5. The lowest BCUT2D eigenvalue weighted by Gasteiger charge is -2.33. The van der Waals surface area contributed by atoms with Crippen LogP contribution in [0.15, 0.2) is 59.5 Å². The van der Waals surface area contributed by atoms with Crippen molar-refractivity contribution in [3.05, 3.63) is 71.3 Å². The van der Waals surface area contributed by atoms with Crippen LogP contribution in [0.2, 0.25) is 0 Å². The maximum atomic E-state index is 13.1. The van der Waals surface area contributed by atoms with E-state index in [2.05, 4.69) is 4.74 Å². The summed E-state index contributed by atoms with van der Waals surface area (Å²) >= 11 is 0. The number of carbonyl (C=O) groups excluding carboxylic acids is 2. The van der Waals surface area contributed by atoms with Gasteiger partial charge in [-0.1, -0.05) is 42.0 Å². The average molecular weight is 413 g/mol. The van der Waals surface area contributed by atoms with Crippen LogP contribution >= 0.6 is 0 Å². The second-order valence-corrected chi connectivity index (χ2v) is 8.75. The molecule has 0 aromatic heterocycles. The van der Waals surface area contributed by atoms with Crippen molar-refractivity contribution < 1.29 is 22.7 Å². The van der Waals surface area contributed by atoms with E-state index < -0.39 is 27.9 Å². The fourth-order valence-electron chi connectivity index (χ4n) is 3.26. The van der Waals surface area contributed by atoms with Crippen LogP contribution in [-0.2, 0) is 19.6 Å². The Morgan fingerprint density at radius 3 is 2.38 bits per heavy atom. The number of sulfonamides is 1. The molecule has 1 heterocycles. The van der Waals surface area contributed by atoms with E-state index >= 15 is 0 Å².